The van der Waals surface area contributed by atoms with Crippen molar-refractivity contribution >= 4 is 5.78 Å². The lowest BCUT2D eigenvalue weighted by Crippen LogP contribution is -2.17. The van der Waals surface area contributed by atoms with E-state index in [1.54, 1.807) is 0 Å². The van der Waals surface area contributed by atoms with Crippen molar-refractivity contribution < 1.29 is 4.79 Å². The predicted octanol–water partition coefficient (Wildman–Crippen LogP) is 1.91. The maximum absolute atomic E-state index is 11.5. The first-order chi connectivity index (χ1) is 6.66. The van der Waals surface area contributed by atoms with Crippen LogP contribution < -0.4 is 5.32 Å². The Kier molecular flexibility index (Phi) is 2.38. The lowest BCUT2D eigenvalue weighted by molar-refractivity contribution is -0.118. The third-order valence-corrected chi connectivity index (χ3v) is 2.62. The van der Waals surface area contributed by atoms with Gasteiger partial charge in [0.1, 0.15) is 0 Å². The Morgan fingerprint density at radius 1 is 1.21 bits per heavy atom. The summed E-state index contributed by atoms with van der Waals surface area (Å²) in [4.78, 5) is 11.5. The summed E-state index contributed by atoms with van der Waals surface area (Å²) in [5.74, 6) is 0.315. The van der Waals surface area contributed by atoms with E-state index < -0.39 is 0 Å². The highest BCUT2D eigenvalue weighted by molar-refractivity contribution is 5.87. The lowest BCUT2D eigenvalue weighted by Gasteiger charge is -2.11. The van der Waals surface area contributed by atoms with Crippen molar-refractivity contribution in [3.8, 4) is 0 Å². The molecule has 1 saturated heterocycles. The number of hydrogen-bond acceptors (Lipinski definition) is 2. The van der Waals surface area contributed by atoms with E-state index in [9.17, 15) is 4.79 Å². The highest BCUT2D eigenvalue weighted by Gasteiger charge is 2.25. The average molecular weight is 189 g/mol. The van der Waals surface area contributed by atoms with Crippen molar-refractivity contribution in [2.75, 3.05) is 6.54 Å². The average Bonchev–Trinajstić information content (AvgIpc) is 2.49. The molecular weight excluding hydrogens is 174 g/mol. The fourth-order valence-corrected chi connectivity index (χ4v) is 2.08. The molecule has 1 N–H and O–H groups in total. The van der Waals surface area contributed by atoms with Gasteiger partial charge in [0.2, 0.25) is 0 Å². The number of benzene rings is 1. The molecule has 0 spiro atoms. The van der Waals surface area contributed by atoms with E-state index in [1.807, 2.05) is 0 Å². The Labute approximate surface area is 84.3 Å². The number of nitrogens with one attached hydrogen (secondary N) is 1. The topological polar surface area (TPSA) is 29.1 Å². The first kappa shape index (κ1) is 9.41. The van der Waals surface area contributed by atoms with Gasteiger partial charge in [0, 0.05) is 13.0 Å². The van der Waals surface area contributed by atoms with Crippen LogP contribution in [0.15, 0.2) is 18.2 Å². The molecule has 0 amide bonds. The third-order valence-electron chi connectivity index (χ3n) is 2.62. The summed E-state index contributed by atoms with van der Waals surface area (Å²) in [7, 11) is 0. The second kappa shape index (κ2) is 3.54. The zero-order valence-electron chi connectivity index (χ0n) is 8.63. The molecule has 2 rings (SSSR count). The van der Waals surface area contributed by atoms with Gasteiger partial charge in [0.25, 0.3) is 0 Å². The molecule has 0 aromatic heterocycles. The maximum atomic E-state index is 11.5. The molecule has 0 saturated carbocycles. The number of rotatable bonds is 1. The van der Waals surface area contributed by atoms with Crippen LogP contribution in [0.3, 0.4) is 0 Å². The Hall–Kier alpha value is -1.15. The molecule has 0 aliphatic carbocycles. The summed E-state index contributed by atoms with van der Waals surface area (Å²) in [6.45, 7) is 4.95. The normalized spacial score (nSPS) is 21.6. The molecule has 1 aromatic rings. The van der Waals surface area contributed by atoms with Crippen molar-refractivity contribution in [1.82, 2.24) is 5.32 Å². The van der Waals surface area contributed by atoms with Crippen LogP contribution in [0.1, 0.15) is 29.2 Å². The molecule has 1 aromatic carbocycles. The standard InChI is InChI=1S/C12H15NO/c1-8-5-9(2)7-10(6-8)12-11(14)3-4-13-12/h5-7,12-13H,3-4H2,1-2H3. The second-order valence-electron chi connectivity index (χ2n) is 4.02. The highest BCUT2D eigenvalue weighted by atomic mass is 16.1. The molecule has 74 valence electrons. The largest absolute Gasteiger partial charge is 0.303 e. The van der Waals surface area contributed by atoms with Crippen LogP contribution in [0.25, 0.3) is 0 Å². The zero-order chi connectivity index (χ0) is 10.1. The van der Waals surface area contributed by atoms with Crippen LogP contribution in [-0.4, -0.2) is 12.3 Å². The molecule has 1 fully saturated rings. The van der Waals surface area contributed by atoms with Gasteiger partial charge in [-0.2, -0.15) is 0 Å². The molecular formula is C12H15NO. The van der Waals surface area contributed by atoms with Crippen LogP contribution in [-0.2, 0) is 4.79 Å². The van der Waals surface area contributed by atoms with Crippen molar-refractivity contribution in [3.05, 3.63) is 34.9 Å². The molecule has 1 atom stereocenters. The molecule has 1 aliphatic rings. The van der Waals surface area contributed by atoms with Gasteiger partial charge in [-0.25, -0.2) is 0 Å². The van der Waals surface area contributed by atoms with Gasteiger partial charge >= 0.3 is 0 Å². The molecule has 14 heavy (non-hydrogen) atoms. The molecule has 0 bridgehead atoms. The highest BCUT2D eigenvalue weighted by Crippen LogP contribution is 2.22. The van der Waals surface area contributed by atoms with E-state index in [0.717, 1.165) is 12.1 Å². The van der Waals surface area contributed by atoms with Crippen LogP contribution in [0.5, 0.6) is 0 Å². The minimum absolute atomic E-state index is 0.0615. The summed E-state index contributed by atoms with van der Waals surface area (Å²) in [6.07, 6.45) is 0.664. The van der Waals surface area contributed by atoms with Gasteiger partial charge in [0.15, 0.2) is 5.78 Å². The van der Waals surface area contributed by atoms with Crippen molar-refractivity contribution in [1.29, 1.82) is 0 Å². The summed E-state index contributed by atoms with van der Waals surface area (Å²) in [5.41, 5.74) is 3.56. The van der Waals surface area contributed by atoms with Gasteiger partial charge in [-0.05, 0) is 19.4 Å². The summed E-state index contributed by atoms with van der Waals surface area (Å²) >= 11 is 0. The minimum atomic E-state index is -0.0615. The number of carbonyl (C=O) groups is 1. The monoisotopic (exact) mass is 189 g/mol. The second-order valence-corrected chi connectivity index (χ2v) is 4.02. The predicted molar refractivity (Wildman–Crippen MR) is 56.3 cm³/mol. The summed E-state index contributed by atoms with van der Waals surface area (Å²) < 4.78 is 0. The first-order valence-electron chi connectivity index (χ1n) is 5.01. The zero-order valence-corrected chi connectivity index (χ0v) is 8.63. The lowest BCUT2D eigenvalue weighted by atomic mass is 10.00. The van der Waals surface area contributed by atoms with Gasteiger partial charge in [0.05, 0.1) is 6.04 Å². The quantitative estimate of drug-likeness (QED) is 0.731. The van der Waals surface area contributed by atoms with E-state index in [-0.39, 0.29) is 6.04 Å². The van der Waals surface area contributed by atoms with Gasteiger partial charge < -0.3 is 5.32 Å². The van der Waals surface area contributed by atoms with Gasteiger partial charge in [-0.3, -0.25) is 4.79 Å². The van der Waals surface area contributed by atoms with Crippen LogP contribution >= 0.6 is 0 Å². The van der Waals surface area contributed by atoms with Crippen molar-refractivity contribution in [3.63, 3.8) is 0 Å². The van der Waals surface area contributed by atoms with Gasteiger partial charge in [-0.15, -0.1) is 0 Å². The molecule has 1 aliphatic heterocycles. The Balaban J connectivity index is 2.35. The number of Topliss-reactive ketones (excluding diaryl/α,β-unsaturated/α-hetero) is 1. The summed E-state index contributed by atoms with van der Waals surface area (Å²) in [6, 6.07) is 6.25. The SMILES string of the molecule is Cc1cc(C)cc(C2NCCC2=O)c1. The Morgan fingerprint density at radius 3 is 2.36 bits per heavy atom. The number of aryl methyl sites for hydroxylation is 2. The van der Waals surface area contributed by atoms with E-state index in [4.69, 9.17) is 0 Å². The van der Waals surface area contributed by atoms with Gasteiger partial charge in [-0.1, -0.05) is 29.3 Å². The van der Waals surface area contributed by atoms with Crippen LogP contribution in [0, 0.1) is 13.8 Å². The first-order valence-corrected chi connectivity index (χ1v) is 5.01. The van der Waals surface area contributed by atoms with E-state index >= 15 is 0 Å². The maximum Gasteiger partial charge on any atom is 0.155 e. The van der Waals surface area contributed by atoms with E-state index in [0.29, 0.717) is 12.2 Å². The third kappa shape index (κ3) is 1.70. The molecule has 0 radical (unpaired) electrons. The fraction of sp³-hybridized carbons (Fsp3) is 0.417. The number of carbonyl (C=O) groups excluding carboxylic acids is 1. The Morgan fingerprint density at radius 2 is 1.86 bits per heavy atom. The molecule has 2 heteroatoms. The summed E-state index contributed by atoms with van der Waals surface area (Å²) in [5, 5.41) is 3.23. The molecule has 1 unspecified atom stereocenters. The molecule has 2 nitrogen and oxygen atoms in total. The van der Waals surface area contributed by atoms with E-state index in [2.05, 4.69) is 37.4 Å². The Bertz CT molecular complexity index is 350. The number of hydrogen-bond donors (Lipinski definition) is 1. The molecule has 1 heterocycles. The fourth-order valence-electron chi connectivity index (χ4n) is 2.08. The van der Waals surface area contributed by atoms with E-state index in [1.165, 1.54) is 11.1 Å². The van der Waals surface area contributed by atoms with Crippen molar-refractivity contribution in [2.45, 2.75) is 26.3 Å². The number of ketones is 1. The minimum Gasteiger partial charge on any atom is -0.303 e. The van der Waals surface area contributed by atoms with Crippen LogP contribution in [0.2, 0.25) is 0 Å². The van der Waals surface area contributed by atoms with Crippen LogP contribution in [0.4, 0.5) is 0 Å². The van der Waals surface area contributed by atoms with Crippen molar-refractivity contribution in [2.24, 2.45) is 0 Å². The smallest absolute Gasteiger partial charge is 0.155 e.